The largest absolute Gasteiger partial charge is 0.493 e. The van der Waals surface area contributed by atoms with E-state index < -0.39 is 5.91 Å². The van der Waals surface area contributed by atoms with Crippen molar-refractivity contribution in [1.82, 2.24) is 14.4 Å². The van der Waals surface area contributed by atoms with Crippen molar-refractivity contribution in [1.29, 1.82) is 0 Å². The zero-order valence-electron chi connectivity index (χ0n) is 20.6. The Bertz CT molecular complexity index is 1650. The molecular formula is C28H24N6O4. The van der Waals surface area contributed by atoms with Crippen LogP contribution in [0.3, 0.4) is 0 Å². The molecule has 3 aromatic carbocycles. The number of imidazole rings is 1. The van der Waals surface area contributed by atoms with Gasteiger partial charge in [0.15, 0.2) is 23.0 Å². The number of primary amides is 1. The van der Waals surface area contributed by atoms with Crippen molar-refractivity contribution < 1.29 is 19.1 Å². The average Bonchev–Trinajstić information content (AvgIpc) is 3.42. The summed E-state index contributed by atoms with van der Waals surface area (Å²) in [5, 5.41) is 6.14. The third-order valence-corrected chi connectivity index (χ3v) is 5.87. The predicted octanol–water partition coefficient (Wildman–Crippen LogP) is 4.51. The Labute approximate surface area is 218 Å². The fourth-order valence-electron chi connectivity index (χ4n) is 3.95. The van der Waals surface area contributed by atoms with Gasteiger partial charge in [-0.05, 0) is 48.5 Å². The lowest BCUT2D eigenvalue weighted by Gasteiger charge is -2.13. The lowest BCUT2D eigenvalue weighted by Crippen LogP contribution is -2.13. The van der Waals surface area contributed by atoms with E-state index in [1.807, 2.05) is 35.0 Å². The normalized spacial score (nSPS) is 10.7. The highest BCUT2D eigenvalue weighted by Gasteiger charge is 2.14. The molecule has 2 amide bonds. The number of nitrogens with zero attached hydrogens (tertiary/aromatic N) is 3. The first-order valence-corrected chi connectivity index (χ1v) is 11.6. The average molecular weight is 509 g/mol. The van der Waals surface area contributed by atoms with Crippen LogP contribution in [0, 0.1) is 0 Å². The van der Waals surface area contributed by atoms with Gasteiger partial charge in [-0.3, -0.25) is 9.59 Å². The van der Waals surface area contributed by atoms with Crippen LogP contribution in [0.4, 0.5) is 17.2 Å². The van der Waals surface area contributed by atoms with Gasteiger partial charge in [0.2, 0.25) is 5.91 Å². The SMILES string of the molecule is COc1ccc(Nc2nc(-c3cccc(C(=O)Nc4ccc(C(N)=O)cc4)c3)cn3ccnc23)cc1OC. The maximum Gasteiger partial charge on any atom is 0.255 e. The summed E-state index contributed by atoms with van der Waals surface area (Å²) in [6.45, 7) is 0. The van der Waals surface area contributed by atoms with E-state index in [9.17, 15) is 9.59 Å². The van der Waals surface area contributed by atoms with Crippen molar-refractivity contribution in [3.63, 3.8) is 0 Å². The Morgan fingerprint density at radius 2 is 1.66 bits per heavy atom. The number of hydrogen-bond acceptors (Lipinski definition) is 7. The first-order valence-electron chi connectivity index (χ1n) is 11.6. The quantitative estimate of drug-likeness (QED) is 0.281. The summed E-state index contributed by atoms with van der Waals surface area (Å²) >= 11 is 0. The summed E-state index contributed by atoms with van der Waals surface area (Å²) in [6, 6.07) is 19.0. The highest BCUT2D eigenvalue weighted by molar-refractivity contribution is 6.05. The van der Waals surface area contributed by atoms with Crippen LogP contribution in [0.2, 0.25) is 0 Å². The summed E-state index contributed by atoms with van der Waals surface area (Å²) in [4.78, 5) is 33.4. The number of ether oxygens (including phenoxy) is 2. The maximum atomic E-state index is 12.9. The second kappa shape index (κ2) is 10.3. The van der Waals surface area contributed by atoms with E-state index in [2.05, 4.69) is 15.6 Å². The summed E-state index contributed by atoms with van der Waals surface area (Å²) in [7, 11) is 3.16. The highest BCUT2D eigenvalue weighted by atomic mass is 16.5. The number of nitrogens with one attached hydrogen (secondary N) is 2. The number of methoxy groups -OCH3 is 2. The molecule has 10 nitrogen and oxygen atoms in total. The first kappa shape index (κ1) is 24.3. The molecule has 5 rings (SSSR count). The number of anilines is 3. The van der Waals surface area contributed by atoms with Gasteiger partial charge < -0.3 is 30.2 Å². The molecule has 2 aromatic heterocycles. The van der Waals surface area contributed by atoms with Gasteiger partial charge in [-0.1, -0.05) is 12.1 Å². The van der Waals surface area contributed by atoms with Gasteiger partial charge in [-0.15, -0.1) is 0 Å². The molecule has 2 heterocycles. The second-order valence-electron chi connectivity index (χ2n) is 8.30. The molecule has 10 heteroatoms. The van der Waals surface area contributed by atoms with Crippen molar-refractivity contribution in [3.8, 4) is 22.8 Å². The van der Waals surface area contributed by atoms with Crippen molar-refractivity contribution in [3.05, 3.63) is 96.4 Å². The molecule has 0 bridgehead atoms. The van der Waals surface area contributed by atoms with Gasteiger partial charge in [0, 0.05) is 52.7 Å². The smallest absolute Gasteiger partial charge is 0.255 e. The van der Waals surface area contributed by atoms with Gasteiger partial charge in [0.05, 0.1) is 19.9 Å². The number of rotatable bonds is 8. The number of carbonyl (C=O) groups is 2. The van der Waals surface area contributed by atoms with E-state index in [0.29, 0.717) is 45.5 Å². The van der Waals surface area contributed by atoms with Gasteiger partial charge in [0.25, 0.3) is 5.91 Å². The van der Waals surface area contributed by atoms with Crippen molar-refractivity contribution in [2.45, 2.75) is 0 Å². The highest BCUT2D eigenvalue weighted by Crippen LogP contribution is 2.32. The van der Waals surface area contributed by atoms with Crippen molar-refractivity contribution in [2.24, 2.45) is 5.73 Å². The van der Waals surface area contributed by atoms with Crippen LogP contribution < -0.4 is 25.8 Å². The van der Waals surface area contributed by atoms with Gasteiger partial charge in [-0.2, -0.15) is 0 Å². The number of benzene rings is 3. The molecule has 0 spiro atoms. The number of aromatic nitrogens is 3. The molecule has 5 aromatic rings. The third-order valence-electron chi connectivity index (χ3n) is 5.87. The van der Waals surface area contributed by atoms with E-state index in [4.69, 9.17) is 20.2 Å². The molecular weight excluding hydrogens is 484 g/mol. The summed E-state index contributed by atoms with van der Waals surface area (Å²) in [6.07, 6.45) is 5.36. The second-order valence-corrected chi connectivity index (χ2v) is 8.30. The maximum absolute atomic E-state index is 12.9. The molecule has 0 saturated carbocycles. The number of carbonyl (C=O) groups excluding carboxylic acids is 2. The van der Waals surface area contributed by atoms with E-state index in [1.54, 1.807) is 68.9 Å². The van der Waals surface area contributed by atoms with Crippen molar-refractivity contribution >= 4 is 34.7 Å². The monoisotopic (exact) mass is 508 g/mol. The Morgan fingerprint density at radius 3 is 2.39 bits per heavy atom. The number of hydrogen-bond donors (Lipinski definition) is 3. The minimum Gasteiger partial charge on any atom is -0.493 e. The number of fused-ring (bicyclic) bond motifs is 1. The fourth-order valence-corrected chi connectivity index (χ4v) is 3.95. The fraction of sp³-hybridized carbons (Fsp3) is 0.0714. The third kappa shape index (κ3) is 4.96. The van der Waals surface area contributed by atoms with Gasteiger partial charge in [-0.25, -0.2) is 9.97 Å². The summed E-state index contributed by atoms with van der Waals surface area (Å²) < 4.78 is 12.6. The Hall–Kier alpha value is -5.38. The van der Waals surface area contributed by atoms with Crippen LogP contribution in [0.5, 0.6) is 11.5 Å². The van der Waals surface area contributed by atoms with Crippen LogP contribution in [0.15, 0.2) is 85.3 Å². The van der Waals surface area contributed by atoms with Crippen molar-refractivity contribution in [2.75, 3.05) is 24.9 Å². The lowest BCUT2D eigenvalue weighted by atomic mass is 10.1. The van der Waals surface area contributed by atoms with Gasteiger partial charge in [0.1, 0.15) is 0 Å². The van der Waals surface area contributed by atoms with Crippen LogP contribution in [-0.2, 0) is 0 Å². The molecule has 0 fully saturated rings. The summed E-state index contributed by atoms with van der Waals surface area (Å²) in [5.41, 5.74) is 9.40. The Balaban J connectivity index is 1.44. The molecule has 0 atom stereocenters. The molecule has 190 valence electrons. The van der Waals surface area contributed by atoms with E-state index in [0.717, 1.165) is 11.3 Å². The zero-order valence-corrected chi connectivity index (χ0v) is 20.6. The standard InChI is InChI=1S/C28H24N6O4/c1-37-23-11-10-21(15-24(23)38-2)31-26-27-30-12-13-34(27)16-22(33-26)18-4-3-5-19(14-18)28(36)32-20-8-6-17(7-9-20)25(29)35/h3-16H,1-2H3,(H2,29,35)(H,31,33)(H,32,36). The Morgan fingerprint density at radius 1 is 0.895 bits per heavy atom. The molecule has 0 radical (unpaired) electrons. The molecule has 0 unspecified atom stereocenters. The van der Waals surface area contributed by atoms with Gasteiger partial charge >= 0.3 is 0 Å². The van der Waals surface area contributed by atoms with Crippen LogP contribution in [0.1, 0.15) is 20.7 Å². The molecule has 0 aliphatic heterocycles. The minimum atomic E-state index is -0.530. The number of nitrogens with two attached hydrogens (primary N) is 1. The Kier molecular flexibility index (Phi) is 6.60. The molecule has 0 aliphatic carbocycles. The van der Waals surface area contributed by atoms with Crippen LogP contribution >= 0.6 is 0 Å². The van der Waals surface area contributed by atoms with E-state index in [-0.39, 0.29) is 5.91 Å². The zero-order chi connectivity index (χ0) is 26.6. The molecule has 4 N–H and O–H groups in total. The molecule has 38 heavy (non-hydrogen) atoms. The lowest BCUT2D eigenvalue weighted by molar-refractivity contribution is 0.0998. The topological polar surface area (TPSA) is 133 Å². The van der Waals surface area contributed by atoms with Crippen LogP contribution in [-0.4, -0.2) is 40.4 Å². The minimum absolute atomic E-state index is 0.300. The predicted molar refractivity (Wildman–Crippen MR) is 144 cm³/mol. The first-order chi connectivity index (χ1) is 18.4. The van der Waals surface area contributed by atoms with Crippen LogP contribution in [0.25, 0.3) is 16.9 Å². The van der Waals surface area contributed by atoms with E-state index >= 15 is 0 Å². The van der Waals surface area contributed by atoms with E-state index in [1.165, 1.54) is 0 Å². The summed E-state index contributed by atoms with van der Waals surface area (Å²) in [5.74, 6) is 0.897. The number of amides is 2. The molecule has 0 aliphatic rings. The molecule has 0 saturated heterocycles.